The molecule has 0 aromatic heterocycles. The van der Waals surface area contributed by atoms with Crippen molar-refractivity contribution in [2.75, 3.05) is 0 Å². The summed E-state index contributed by atoms with van der Waals surface area (Å²) in [5, 5.41) is 0. The van der Waals surface area contributed by atoms with E-state index in [2.05, 4.69) is 4.63 Å². The van der Waals surface area contributed by atoms with Gasteiger partial charge in [-0.25, -0.2) is 0 Å². The van der Waals surface area contributed by atoms with Gasteiger partial charge in [0.15, 0.2) is 0 Å². The summed E-state index contributed by atoms with van der Waals surface area (Å²) in [6.07, 6.45) is 0. The van der Waals surface area contributed by atoms with Gasteiger partial charge in [0.05, 0.1) is 0 Å². The quantitative estimate of drug-likeness (QED) is 0.308. The van der Waals surface area contributed by atoms with Gasteiger partial charge in [-0.2, -0.15) is 14.5 Å². The Morgan fingerprint density at radius 3 is 1.43 bits per heavy atom. The first-order valence-electron chi connectivity index (χ1n) is 1.03. The summed E-state index contributed by atoms with van der Waals surface area (Å²) in [5.41, 5.74) is 0. The van der Waals surface area contributed by atoms with E-state index in [1.54, 1.807) is 0 Å². The van der Waals surface area contributed by atoms with Crippen molar-refractivity contribution in [3.8, 4) is 0 Å². The Balaban J connectivity index is 0. The Kier molecular flexibility index (Phi) is 5.09. The first-order chi connectivity index (χ1) is 2.56. The molecule has 3 N–H and O–H groups in total. The summed E-state index contributed by atoms with van der Waals surface area (Å²) >= 11 is 0. The lowest BCUT2D eigenvalue weighted by Gasteiger charge is -1.96. The van der Waals surface area contributed by atoms with Crippen LogP contribution in [0.3, 0.4) is 0 Å². The molecule has 0 aliphatic carbocycles. The van der Waals surface area contributed by atoms with Crippen LogP contribution in [0.4, 0.5) is 4.53 Å². The van der Waals surface area contributed by atoms with E-state index in [0.717, 1.165) is 0 Å². The molecule has 1 atom stereocenters. The van der Waals surface area contributed by atoms with Crippen LogP contribution in [0.1, 0.15) is 0 Å². The van der Waals surface area contributed by atoms with Crippen LogP contribution >= 0.6 is 9.90 Å². The van der Waals surface area contributed by atoms with Gasteiger partial charge in [0.1, 0.15) is 0 Å². The highest BCUT2D eigenvalue weighted by atomic mass is 31.0. The van der Waals surface area contributed by atoms with Gasteiger partial charge in [-0.3, -0.25) is 0 Å². The highest BCUT2D eigenvalue weighted by Gasteiger charge is 2.31. The van der Waals surface area contributed by atoms with Crippen molar-refractivity contribution in [2.24, 2.45) is 0 Å². The van der Waals surface area contributed by atoms with Gasteiger partial charge in [-0.15, -0.1) is 0 Å². The Morgan fingerprint density at radius 1 is 1.29 bits per heavy atom. The molecule has 0 spiro atoms. The molecule has 1 unspecified atom stereocenters. The summed E-state index contributed by atoms with van der Waals surface area (Å²) in [5.74, 6) is 0. The molecule has 46 valence electrons. The van der Waals surface area contributed by atoms with Crippen molar-refractivity contribution >= 4 is 18.9 Å². The molecule has 0 fully saturated rings. The molecule has 0 amide bonds. The third-order valence-corrected chi connectivity index (χ3v) is 0.311. The molecule has 0 aromatic rings. The third-order valence-electron chi connectivity index (χ3n) is 0.104. The fourth-order valence-corrected chi connectivity index (χ4v) is 0. The van der Waals surface area contributed by atoms with E-state index in [1.807, 2.05) is 0 Å². The van der Waals surface area contributed by atoms with E-state index < -0.39 is 9.05 Å². The first kappa shape index (κ1) is 10.4. The zero-order valence-corrected chi connectivity index (χ0v) is 5.75. The normalized spacial score (nSPS) is 10.3. The van der Waals surface area contributed by atoms with E-state index in [1.165, 1.54) is 0 Å². The second kappa shape index (κ2) is 3.42. The van der Waals surface area contributed by atoms with Crippen LogP contribution in [-0.4, -0.2) is 23.4 Å². The number of hydrogen-bond donors (Lipinski definition) is 3. The molecule has 7 heteroatoms. The zero-order chi connectivity index (χ0) is 5.21. The largest absolute Gasteiger partial charge is 0.703 e. The molecule has 0 aromatic carbocycles. The minimum atomic E-state index is -4.80. The Morgan fingerprint density at radius 2 is 1.43 bits per heavy atom. The molecule has 0 bridgehead atoms. The topological polar surface area (TPSA) is 69.9 Å². The lowest BCUT2D eigenvalue weighted by molar-refractivity contribution is -0.111. The Bertz CT molecular complexity index is 41.4. The zero-order valence-electron chi connectivity index (χ0n) is 3.33. The van der Waals surface area contributed by atoms with Gasteiger partial charge >= 0.3 is 9.05 Å². The van der Waals surface area contributed by atoms with Crippen LogP contribution in [0.2, 0.25) is 0 Å². The van der Waals surface area contributed by atoms with Crippen molar-refractivity contribution in [3.05, 3.63) is 0 Å². The Labute approximate surface area is 43.6 Å². The lowest BCUT2D eigenvalue weighted by atomic mass is 15.5. The van der Waals surface area contributed by atoms with Gasteiger partial charge < -0.3 is 14.4 Å². The molecule has 0 rings (SSSR count). The second-order valence-corrected chi connectivity index (χ2v) is 1.95. The summed E-state index contributed by atoms with van der Waals surface area (Å²) in [7, 11) is -4.80. The summed E-state index contributed by atoms with van der Waals surface area (Å²) in [4.78, 5) is 22.4. The minimum Gasteiger partial charge on any atom is -0.366 e. The van der Waals surface area contributed by atoms with Crippen LogP contribution in [0, 0.1) is 0 Å². The average Bonchev–Trinajstić information content (AvgIpc) is 1.35. The number of rotatable bonds is 1. The van der Waals surface area contributed by atoms with Crippen molar-refractivity contribution in [1.29, 1.82) is 0 Å². The molecule has 0 aliphatic rings. The SMILES string of the molecule is O[Si](O)(O)OF.P. The predicted molar refractivity (Wildman–Crippen MR) is 25.7 cm³/mol. The maximum absolute atomic E-state index is 10.3. The summed E-state index contributed by atoms with van der Waals surface area (Å²) < 4.78 is 12.6. The Hall–Kier alpha value is 0.417. The van der Waals surface area contributed by atoms with E-state index in [-0.39, 0.29) is 9.90 Å². The molecule has 0 saturated heterocycles. The minimum absolute atomic E-state index is 0. The number of hydrogen-bond acceptors (Lipinski definition) is 4. The van der Waals surface area contributed by atoms with Gasteiger partial charge in [0.25, 0.3) is 0 Å². The molecule has 0 saturated carbocycles. The van der Waals surface area contributed by atoms with Crippen LogP contribution in [0.25, 0.3) is 0 Å². The van der Waals surface area contributed by atoms with Crippen molar-refractivity contribution in [1.82, 2.24) is 0 Å². The molecule has 7 heavy (non-hydrogen) atoms. The van der Waals surface area contributed by atoms with Gasteiger partial charge in [0, 0.05) is 0 Å². The highest BCUT2D eigenvalue weighted by Crippen LogP contribution is 1.85. The van der Waals surface area contributed by atoms with E-state index in [4.69, 9.17) is 14.4 Å². The first-order valence-corrected chi connectivity index (χ1v) is 2.78. The van der Waals surface area contributed by atoms with Gasteiger partial charge in [-0.05, 0) is 0 Å². The third kappa shape index (κ3) is 10.7. The maximum atomic E-state index is 10.3. The summed E-state index contributed by atoms with van der Waals surface area (Å²) in [6, 6.07) is 0. The van der Waals surface area contributed by atoms with Gasteiger partial charge in [-0.1, -0.05) is 4.53 Å². The van der Waals surface area contributed by atoms with Crippen LogP contribution in [-0.2, 0) is 4.63 Å². The van der Waals surface area contributed by atoms with Crippen LogP contribution in [0.15, 0.2) is 0 Å². The molecule has 0 radical (unpaired) electrons. The molecular weight excluding hydrogens is 142 g/mol. The van der Waals surface area contributed by atoms with E-state index in [0.29, 0.717) is 0 Å². The maximum Gasteiger partial charge on any atom is 0.703 e. The van der Waals surface area contributed by atoms with E-state index in [9.17, 15) is 4.53 Å². The standard InChI is InChI=1S/FH3O4Si.H3P/c1-5-6(2,3)4;/h2-4H;1H3. The monoisotopic (exact) mass is 148 g/mol. The van der Waals surface area contributed by atoms with Crippen molar-refractivity contribution < 1.29 is 23.5 Å². The lowest BCUT2D eigenvalue weighted by Crippen LogP contribution is -2.35. The molecule has 0 heterocycles. The van der Waals surface area contributed by atoms with Crippen molar-refractivity contribution in [2.45, 2.75) is 0 Å². The second-order valence-electron chi connectivity index (χ2n) is 0.651. The van der Waals surface area contributed by atoms with Gasteiger partial charge in [0.2, 0.25) is 0 Å². The average molecular weight is 148 g/mol. The summed E-state index contributed by atoms with van der Waals surface area (Å²) in [6.45, 7) is 0. The smallest absolute Gasteiger partial charge is 0.366 e. The fourth-order valence-electron chi connectivity index (χ4n) is 0. The predicted octanol–water partition coefficient (Wildman–Crippen LogP) is -1.64. The number of halogens is 1. The molecule has 0 aliphatic heterocycles. The van der Waals surface area contributed by atoms with E-state index >= 15 is 0 Å². The highest BCUT2D eigenvalue weighted by molar-refractivity contribution is 6.92. The molecular formula is H6FO4PSi. The molecule has 4 nitrogen and oxygen atoms in total. The van der Waals surface area contributed by atoms with Crippen LogP contribution in [0.5, 0.6) is 0 Å². The fraction of sp³-hybridized carbons (Fsp3) is 0. The van der Waals surface area contributed by atoms with Crippen molar-refractivity contribution in [3.63, 3.8) is 0 Å². The van der Waals surface area contributed by atoms with Crippen LogP contribution < -0.4 is 0 Å².